The highest BCUT2D eigenvalue weighted by molar-refractivity contribution is 7.89. The van der Waals surface area contributed by atoms with Gasteiger partial charge in [0.1, 0.15) is 5.76 Å². The van der Waals surface area contributed by atoms with Crippen LogP contribution in [0.5, 0.6) is 0 Å². The molecule has 2 aromatic rings. The van der Waals surface area contributed by atoms with Gasteiger partial charge in [0, 0.05) is 37.4 Å². The summed E-state index contributed by atoms with van der Waals surface area (Å²) in [6.45, 7) is 4.75. The number of nitrogens with zero attached hydrogens (tertiary/aromatic N) is 1. The normalized spacial score (nSPS) is 13.5. The first-order chi connectivity index (χ1) is 9.96. The molecule has 116 valence electrons. The van der Waals surface area contributed by atoms with E-state index in [1.54, 1.807) is 31.5 Å². The maximum Gasteiger partial charge on any atom is 0.242 e. The van der Waals surface area contributed by atoms with Crippen LogP contribution in [0.15, 0.2) is 40.0 Å². The average Bonchev–Trinajstić information content (AvgIpc) is 3.06. The van der Waals surface area contributed by atoms with E-state index in [9.17, 15) is 8.42 Å². The van der Waals surface area contributed by atoms with Gasteiger partial charge in [0.25, 0.3) is 0 Å². The van der Waals surface area contributed by atoms with Gasteiger partial charge in [-0.05, 0) is 32.0 Å². The first-order valence-electron chi connectivity index (χ1n) is 6.90. The minimum Gasteiger partial charge on any atom is -0.469 e. The molecule has 0 aliphatic carbocycles. The highest BCUT2D eigenvalue weighted by Gasteiger charge is 2.20. The van der Waals surface area contributed by atoms with Crippen molar-refractivity contribution in [2.75, 3.05) is 0 Å². The van der Waals surface area contributed by atoms with Crippen LogP contribution in [0.3, 0.4) is 0 Å². The smallest absolute Gasteiger partial charge is 0.242 e. The largest absolute Gasteiger partial charge is 0.469 e. The molecule has 0 bridgehead atoms. The predicted molar refractivity (Wildman–Crippen MR) is 80.2 cm³/mol. The summed E-state index contributed by atoms with van der Waals surface area (Å²) in [6, 6.07) is 4.97. The number of sulfonamides is 1. The summed E-state index contributed by atoms with van der Waals surface area (Å²) in [7, 11) is -3.55. The molecular formula is C14H21N3O3S. The van der Waals surface area contributed by atoms with Crippen molar-refractivity contribution in [3.05, 3.63) is 42.1 Å². The molecule has 6 nitrogen and oxygen atoms in total. The van der Waals surface area contributed by atoms with Gasteiger partial charge in [-0.25, -0.2) is 13.1 Å². The minimum atomic E-state index is -3.55. The molecule has 1 unspecified atom stereocenters. The first kappa shape index (κ1) is 15.8. The summed E-state index contributed by atoms with van der Waals surface area (Å²) in [5.74, 6) is 0.749. The molecule has 0 aliphatic rings. The van der Waals surface area contributed by atoms with E-state index in [0.29, 0.717) is 19.5 Å². The van der Waals surface area contributed by atoms with Crippen LogP contribution < -0.4 is 10.5 Å². The Kier molecular flexibility index (Phi) is 4.87. The lowest BCUT2D eigenvalue weighted by Crippen LogP contribution is -2.33. The van der Waals surface area contributed by atoms with E-state index in [4.69, 9.17) is 10.2 Å². The monoisotopic (exact) mass is 311 g/mol. The number of rotatable bonds is 7. The number of hydrogen-bond acceptors (Lipinski definition) is 4. The van der Waals surface area contributed by atoms with Gasteiger partial charge in [-0.2, -0.15) is 0 Å². The Morgan fingerprint density at radius 3 is 2.76 bits per heavy atom. The number of aromatic nitrogens is 1. The van der Waals surface area contributed by atoms with E-state index in [-0.39, 0.29) is 10.9 Å². The number of nitrogens with two attached hydrogens (primary N) is 1. The molecule has 2 aromatic heterocycles. The van der Waals surface area contributed by atoms with Gasteiger partial charge in [-0.1, -0.05) is 0 Å². The summed E-state index contributed by atoms with van der Waals surface area (Å²) < 4.78 is 34.5. The van der Waals surface area contributed by atoms with Crippen LogP contribution in [0.1, 0.15) is 25.3 Å². The fourth-order valence-electron chi connectivity index (χ4n) is 2.24. The standard InChI is InChI=1S/C14H21N3O3S/c1-3-17-10-14(8-12(17)9-15)21(18,19)16-11(2)7-13-5-4-6-20-13/h4-6,8,10-11,16H,3,7,9,15H2,1-2H3. The maximum absolute atomic E-state index is 12.4. The van der Waals surface area contributed by atoms with E-state index in [1.807, 2.05) is 17.6 Å². The fourth-order valence-corrected chi connectivity index (χ4v) is 3.55. The molecule has 0 saturated heterocycles. The Morgan fingerprint density at radius 1 is 1.48 bits per heavy atom. The predicted octanol–water partition coefficient (Wildman–Crippen LogP) is 1.47. The van der Waals surface area contributed by atoms with Crippen LogP contribution in [-0.4, -0.2) is 19.0 Å². The highest BCUT2D eigenvalue weighted by atomic mass is 32.2. The zero-order valence-electron chi connectivity index (χ0n) is 12.2. The van der Waals surface area contributed by atoms with Crippen molar-refractivity contribution < 1.29 is 12.8 Å². The van der Waals surface area contributed by atoms with Gasteiger partial charge in [0.05, 0.1) is 11.2 Å². The third-order valence-electron chi connectivity index (χ3n) is 3.26. The van der Waals surface area contributed by atoms with Gasteiger partial charge in [-0.3, -0.25) is 0 Å². The van der Waals surface area contributed by atoms with Crippen molar-refractivity contribution in [1.82, 2.24) is 9.29 Å². The maximum atomic E-state index is 12.4. The van der Waals surface area contributed by atoms with Crippen LogP contribution in [0, 0.1) is 0 Å². The molecule has 1 atom stereocenters. The van der Waals surface area contributed by atoms with Gasteiger partial charge in [0.2, 0.25) is 10.0 Å². The second-order valence-electron chi connectivity index (χ2n) is 4.96. The van der Waals surface area contributed by atoms with E-state index in [0.717, 1.165) is 11.5 Å². The van der Waals surface area contributed by atoms with Crippen LogP contribution in [0.4, 0.5) is 0 Å². The second-order valence-corrected chi connectivity index (χ2v) is 6.68. The zero-order valence-corrected chi connectivity index (χ0v) is 13.1. The number of hydrogen-bond donors (Lipinski definition) is 2. The molecular weight excluding hydrogens is 290 g/mol. The summed E-state index contributed by atoms with van der Waals surface area (Å²) in [4.78, 5) is 0.246. The first-order valence-corrected chi connectivity index (χ1v) is 8.38. The van der Waals surface area contributed by atoms with Gasteiger partial charge in [0.15, 0.2) is 0 Å². The van der Waals surface area contributed by atoms with Crippen LogP contribution in [0.25, 0.3) is 0 Å². The topological polar surface area (TPSA) is 90.3 Å². The molecule has 21 heavy (non-hydrogen) atoms. The summed E-state index contributed by atoms with van der Waals surface area (Å²) in [5, 5.41) is 0. The Morgan fingerprint density at radius 2 is 2.24 bits per heavy atom. The van der Waals surface area contributed by atoms with Crippen molar-refractivity contribution in [3.8, 4) is 0 Å². The van der Waals surface area contributed by atoms with Gasteiger partial charge in [-0.15, -0.1) is 0 Å². The number of furan rings is 1. The molecule has 0 fully saturated rings. The van der Waals surface area contributed by atoms with Crippen molar-refractivity contribution >= 4 is 10.0 Å². The van der Waals surface area contributed by atoms with Crippen LogP contribution in [-0.2, 0) is 29.5 Å². The number of nitrogens with one attached hydrogen (secondary N) is 1. The Bertz CT molecular complexity index is 653. The molecule has 7 heteroatoms. The quantitative estimate of drug-likeness (QED) is 0.810. The second kappa shape index (κ2) is 6.46. The lowest BCUT2D eigenvalue weighted by molar-refractivity contribution is 0.479. The minimum absolute atomic E-state index is 0.246. The molecule has 3 N–H and O–H groups in total. The third kappa shape index (κ3) is 3.75. The van der Waals surface area contributed by atoms with E-state index in [2.05, 4.69) is 4.72 Å². The Labute approximate surface area is 125 Å². The molecule has 0 amide bonds. The Balaban J connectivity index is 2.12. The van der Waals surface area contributed by atoms with Crippen molar-refractivity contribution in [2.24, 2.45) is 5.73 Å². The van der Waals surface area contributed by atoms with Crippen molar-refractivity contribution in [1.29, 1.82) is 0 Å². The average molecular weight is 311 g/mol. The Hall–Kier alpha value is -1.57. The zero-order chi connectivity index (χ0) is 15.5. The molecule has 0 aliphatic heterocycles. The van der Waals surface area contributed by atoms with Gasteiger partial charge < -0.3 is 14.7 Å². The van der Waals surface area contributed by atoms with E-state index >= 15 is 0 Å². The molecule has 0 spiro atoms. The third-order valence-corrected chi connectivity index (χ3v) is 4.82. The molecule has 2 heterocycles. The molecule has 0 radical (unpaired) electrons. The van der Waals surface area contributed by atoms with Crippen LogP contribution >= 0.6 is 0 Å². The highest BCUT2D eigenvalue weighted by Crippen LogP contribution is 2.15. The fraction of sp³-hybridized carbons (Fsp3) is 0.429. The van der Waals surface area contributed by atoms with Crippen molar-refractivity contribution in [2.45, 2.75) is 44.3 Å². The SMILES string of the molecule is CCn1cc(S(=O)(=O)NC(C)Cc2ccco2)cc1CN. The van der Waals surface area contributed by atoms with E-state index in [1.165, 1.54) is 0 Å². The number of aryl methyl sites for hydroxylation is 1. The van der Waals surface area contributed by atoms with Gasteiger partial charge >= 0.3 is 0 Å². The van der Waals surface area contributed by atoms with E-state index < -0.39 is 10.0 Å². The molecule has 0 aromatic carbocycles. The molecule has 2 rings (SSSR count). The molecule has 0 saturated carbocycles. The lowest BCUT2D eigenvalue weighted by Gasteiger charge is -2.12. The summed E-state index contributed by atoms with van der Waals surface area (Å²) in [6.07, 6.45) is 3.69. The summed E-state index contributed by atoms with van der Waals surface area (Å²) in [5.41, 5.74) is 6.43. The van der Waals surface area contributed by atoms with Crippen LogP contribution in [0.2, 0.25) is 0 Å². The lowest BCUT2D eigenvalue weighted by atomic mass is 10.2. The van der Waals surface area contributed by atoms with Crippen molar-refractivity contribution in [3.63, 3.8) is 0 Å². The summed E-state index contributed by atoms with van der Waals surface area (Å²) >= 11 is 0.